The van der Waals surface area contributed by atoms with Crippen LogP contribution in [0.1, 0.15) is 0 Å². The average Bonchev–Trinajstić information content (AvgIpc) is 4.12. The fourth-order valence-electron chi connectivity index (χ4n) is 12.5. The number of hydrogen-bond acceptors (Lipinski definition) is 1. The second kappa shape index (κ2) is 15.0. The first-order valence-corrected chi connectivity index (χ1v) is 24.9. The van der Waals surface area contributed by atoms with Crippen molar-refractivity contribution in [1.82, 2.24) is 18.7 Å². The van der Waals surface area contributed by atoms with Crippen LogP contribution in [0, 0.1) is 0 Å². The Kier molecular flexibility index (Phi) is 8.23. The zero-order valence-corrected chi connectivity index (χ0v) is 39.0. The highest BCUT2D eigenvalue weighted by Gasteiger charge is 2.42. The standard InChI is InChI=1S/C67H41BN4/c1-6-17-42(18-7-1)47-29-32-59-52(35-47)53-36-48(43-19-8-2-9-20-43)30-33-60(53)70(59)51-40-62-64-63(41-51)72-66-56(27-16-28-58(66)69-67(72)46-25-14-5-15-26-46)68(64)57-39-50(45-23-12-4-13-24-45)38-55-54-37-49(44-21-10-3-11-22-44)31-34-61(54)71(62)65(55)57/h1-41H. The number of aromatic nitrogens is 4. The Balaban J connectivity index is 1.06. The SMILES string of the molecule is c1ccc(-c2ccc3c(c2)c2cc(-c4ccccc4)ccc2n3-c2cc3c4c(c2)-n2c5ccc(-c6ccccc6)cc5c5cc(-c6ccccc6)cc(c52)B4c2cccc4nc(-c5ccccc5)n-3c24)cc1. The molecule has 16 rings (SSSR count). The topological polar surface area (TPSA) is 27.7 Å². The lowest BCUT2D eigenvalue weighted by Gasteiger charge is -2.34. The van der Waals surface area contributed by atoms with Gasteiger partial charge in [-0.05, 0) is 122 Å². The number of fused-ring (bicyclic) bond motifs is 10. The Morgan fingerprint density at radius 1 is 0.292 bits per heavy atom. The van der Waals surface area contributed by atoms with Crippen LogP contribution in [0.4, 0.5) is 0 Å². The molecule has 0 amide bonds. The van der Waals surface area contributed by atoms with Crippen molar-refractivity contribution in [1.29, 1.82) is 0 Å². The van der Waals surface area contributed by atoms with Gasteiger partial charge in [-0.25, -0.2) is 4.98 Å². The molecule has 72 heavy (non-hydrogen) atoms. The molecule has 14 aromatic rings. The minimum atomic E-state index is -0.0582. The molecule has 0 spiro atoms. The van der Waals surface area contributed by atoms with Gasteiger partial charge >= 0.3 is 0 Å². The Morgan fingerprint density at radius 3 is 1.26 bits per heavy atom. The Morgan fingerprint density at radius 2 is 0.736 bits per heavy atom. The van der Waals surface area contributed by atoms with Gasteiger partial charge in [0.25, 0.3) is 6.71 Å². The van der Waals surface area contributed by atoms with Crippen molar-refractivity contribution in [3.63, 3.8) is 0 Å². The molecule has 0 fully saturated rings. The minimum absolute atomic E-state index is 0.0582. The summed E-state index contributed by atoms with van der Waals surface area (Å²) in [6.07, 6.45) is 0. The van der Waals surface area contributed by atoms with E-state index in [-0.39, 0.29) is 6.71 Å². The Bertz CT molecular complexity index is 4440. The summed E-state index contributed by atoms with van der Waals surface area (Å²) in [6.45, 7) is -0.0582. The molecule has 5 heterocycles. The van der Waals surface area contributed by atoms with Gasteiger partial charge in [0.1, 0.15) is 5.82 Å². The summed E-state index contributed by atoms with van der Waals surface area (Å²) in [5.41, 5.74) is 25.0. The van der Waals surface area contributed by atoms with E-state index in [9.17, 15) is 0 Å². The lowest BCUT2D eigenvalue weighted by Crippen LogP contribution is -2.59. The molecule has 0 atom stereocenters. The second-order valence-electron chi connectivity index (χ2n) is 19.5. The molecule has 332 valence electrons. The van der Waals surface area contributed by atoms with Crippen LogP contribution in [-0.2, 0) is 0 Å². The maximum Gasteiger partial charge on any atom is 0.252 e. The van der Waals surface area contributed by atoms with E-state index in [1.165, 1.54) is 99.2 Å². The van der Waals surface area contributed by atoms with E-state index in [0.717, 1.165) is 44.8 Å². The normalized spacial score (nSPS) is 12.4. The van der Waals surface area contributed by atoms with Crippen molar-refractivity contribution < 1.29 is 0 Å². The first-order valence-electron chi connectivity index (χ1n) is 24.9. The number of rotatable bonds is 6. The van der Waals surface area contributed by atoms with Gasteiger partial charge < -0.3 is 9.13 Å². The summed E-state index contributed by atoms with van der Waals surface area (Å²) in [4.78, 5) is 5.53. The van der Waals surface area contributed by atoms with Gasteiger partial charge in [-0.3, -0.25) is 4.57 Å². The van der Waals surface area contributed by atoms with E-state index in [4.69, 9.17) is 4.98 Å². The summed E-state index contributed by atoms with van der Waals surface area (Å²) in [7, 11) is 0. The zero-order chi connectivity index (χ0) is 47.0. The van der Waals surface area contributed by atoms with E-state index in [1.807, 2.05) is 0 Å². The number of para-hydroxylation sites is 1. The number of nitrogens with zero attached hydrogens (tertiary/aromatic N) is 4. The van der Waals surface area contributed by atoms with Crippen LogP contribution in [0.5, 0.6) is 0 Å². The van der Waals surface area contributed by atoms with Gasteiger partial charge in [0.15, 0.2) is 0 Å². The van der Waals surface area contributed by atoms with Gasteiger partial charge in [0.2, 0.25) is 0 Å². The smallest absolute Gasteiger partial charge is 0.252 e. The van der Waals surface area contributed by atoms with Crippen molar-refractivity contribution in [3.05, 3.63) is 249 Å². The first-order chi connectivity index (χ1) is 35.7. The molecule has 0 bridgehead atoms. The Labute approximate surface area is 416 Å². The average molecular weight is 913 g/mol. The highest BCUT2D eigenvalue weighted by Crippen LogP contribution is 2.44. The van der Waals surface area contributed by atoms with Crippen LogP contribution in [0.2, 0.25) is 0 Å². The third-order valence-electron chi connectivity index (χ3n) is 15.6. The second-order valence-corrected chi connectivity index (χ2v) is 19.5. The maximum absolute atomic E-state index is 5.53. The lowest BCUT2D eigenvalue weighted by atomic mass is 9.34. The zero-order valence-electron chi connectivity index (χ0n) is 39.0. The highest BCUT2D eigenvalue weighted by molar-refractivity contribution is 7.00. The quantitative estimate of drug-likeness (QED) is 0.153. The van der Waals surface area contributed by atoms with E-state index >= 15 is 0 Å². The van der Waals surface area contributed by atoms with Gasteiger partial charge in [-0.1, -0.05) is 188 Å². The summed E-state index contributed by atoms with van der Waals surface area (Å²) in [5.74, 6) is 0.942. The van der Waals surface area contributed by atoms with Crippen LogP contribution >= 0.6 is 0 Å². The van der Waals surface area contributed by atoms with E-state index in [2.05, 4.69) is 262 Å². The first kappa shape index (κ1) is 39.4. The summed E-state index contributed by atoms with van der Waals surface area (Å²) in [5, 5.41) is 4.93. The van der Waals surface area contributed by atoms with Crippen molar-refractivity contribution in [2.24, 2.45) is 0 Å². The molecule has 2 aliphatic rings. The molecular formula is C67H41BN4. The molecule has 0 saturated carbocycles. The monoisotopic (exact) mass is 912 g/mol. The fraction of sp³-hybridized carbons (Fsp3) is 0. The number of benzene rings is 11. The summed E-state index contributed by atoms with van der Waals surface area (Å²) in [6, 6.07) is 91.8. The molecule has 0 N–H and O–H groups in total. The van der Waals surface area contributed by atoms with Crippen LogP contribution in [0.3, 0.4) is 0 Å². The van der Waals surface area contributed by atoms with Crippen molar-refractivity contribution in [3.8, 4) is 73.0 Å². The maximum atomic E-state index is 5.53. The van der Waals surface area contributed by atoms with Crippen LogP contribution in [0.25, 0.3) is 128 Å². The third kappa shape index (κ3) is 5.62. The third-order valence-corrected chi connectivity index (χ3v) is 15.6. The van der Waals surface area contributed by atoms with E-state index in [0.29, 0.717) is 0 Å². The predicted molar refractivity (Wildman–Crippen MR) is 302 cm³/mol. The highest BCUT2D eigenvalue weighted by atomic mass is 15.1. The molecule has 0 aliphatic carbocycles. The molecule has 3 aromatic heterocycles. The van der Waals surface area contributed by atoms with Gasteiger partial charge in [-0.15, -0.1) is 0 Å². The lowest BCUT2D eigenvalue weighted by molar-refractivity contribution is 1.07. The van der Waals surface area contributed by atoms with E-state index in [1.54, 1.807) is 0 Å². The summed E-state index contributed by atoms with van der Waals surface area (Å²) < 4.78 is 7.60. The van der Waals surface area contributed by atoms with E-state index < -0.39 is 0 Å². The van der Waals surface area contributed by atoms with Crippen molar-refractivity contribution >= 4 is 77.7 Å². The van der Waals surface area contributed by atoms with Gasteiger partial charge in [0.05, 0.1) is 33.3 Å². The fourth-order valence-corrected chi connectivity index (χ4v) is 12.5. The van der Waals surface area contributed by atoms with Gasteiger partial charge in [-0.2, -0.15) is 0 Å². The van der Waals surface area contributed by atoms with Crippen LogP contribution < -0.4 is 16.4 Å². The molecule has 2 aliphatic heterocycles. The molecule has 0 radical (unpaired) electrons. The molecule has 0 unspecified atom stereocenters. The van der Waals surface area contributed by atoms with Crippen LogP contribution in [0.15, 0.2) is 249 Å². The predicted octanol–water partition coefficient (Wildman–Crippen LogP) is 14.7. The van der Waals surface area contributed by atoms with Crippen LogP contribution in [-0.4, -0.2) is 25.4 Å². The largest absolute Gasteiger partial charge is 0.310 e. The molecule has 0 saturated heterocycles. The van der Waals surface area contributed by atoms with Crippen molar-refractivity contribution in [2.45, 2.75) is 0 Å². The Hall–Kier alpha value is -9.45. The minimum Gasteiger partial charge on any atom is -0.310 e. The molecule has 11 aromatic carbocycles. The number of imidazole rings is 1. The molecule has 4 nitrogen and oxygen atoms in total. The molecule has 5 heteroatoms. The molecular weight excluding hydrogens is 872 g/mol. The van der Waals surface area contributed by atoms with Gasteiger partial charge in [0, 0.05) is 44.0 Å². The summed E-state index contributed by atoms with van der Waals surface area (Å²) >= 11 is 0. The number of hydrogen-bond donors (Lipinski definition) is 0. The van der Waals surface area contributed by atoms with Crippen molar-refractivity contribution in [2.75, 3.05) is 0 Å².